The van der Waals surface area contributed by atoms with E-state index in [1.54, 1.807) is 24.3 Å². The molecule has 0 aliphatic carbocycles. The number of benzene rings is 1. The van der Waals surface area contributed by atoms with E-state index in [4.69, 9.17) is 28.0 Å². The molecule has 0 spiro atoms. The summed E-state index contributed by atoms with van der Waals surface area (Å²) in [6, 6.07) is 6.43. The molecule has 2 atom stereocenters. The third kappa shape index (κ3) is 46.2. The number of amides is 5. The van der Waals surface area contributed by atoms with E-state index in [2.05, 4.69) is 40.3 Å². The van der Waals surface area contributed by atoms with Crippen molar-refractivity contribution in [3.8, 4) is 0 Å². The lowest BCUT2D eigenvalue weighted by Crippen LogP contribution is -2.35. The first-order valence-electron chi connectivity index (χ1n) is 33.6. The maximum Gasteiger partial charge on any atom is 0.472 e. The third-order valence-corrected chi connectivity index (χ3v) is 15.9. The Morgan fingerprint density at radius 3 is 1.46 bits per heavy atom. The summed E-state index contributed by atoms with van der Waals surface area (Å²) in [5.74, 6) is -3.58. The fourth-order valence-corrected chi connectivity index (χ4v) is 10.4. The van der Waals surface area contributed by atoms with Crippen LogP contribution in [0.15, 0.2) is 41.5 Å². The van der Waals surface area contributed by atoms with E-state index in [0.717, 1.165) is 55.6 Å². The van der Waals surface area contributed by atoms with Crippen LogP contribution >= 0.6 is 7.82 Å². The Labute approximate surface area is 531 Å². The van der Waals surface area contributed by atoms with Crippen molar-refractivity contribution in [2.75, 3.05) is 72.4 Å². The van der Waals surface area contributed by atoms with Gasteiger partial charge in [-0.25, -0.2) is 4.57 Å². The van der Waals surface area contributed by atoms with Gasteiger partial charge in [0.1, 0.15) is 13.2 Å². The summed E-state index contributed by atoms with van der Waals surface area (Å²) in [7, 11) is -4.69. The molecule has 506 valence electrons. The van der Waals surface area contributed by atoms with Crippen LogP contribution in [0.2, 0.25) is 0 Å². The molecule has 0 saturated heterocycles. The van der Waals surface area contributed by atoms with Gasteiger partial charge in [-0.2, -0.15) is 5.10 Å². The summed E-state index contributed by atoms with van der Waals surface area (Å²) in [5.41, 5.74) is 3.71. The van der Waals surface area contributed by atoms with E-state index in [1.807, 2.05) is 0 Å². The molecule has 0 radical (unpaired) electrons. The molecule has 2 rings (SSSR count). The van der Waals surface area contributed by atoms with Crippen LogP contribution < -0.4 is 21.4 Å². The number of hydrogen-bond acceptors (Lipinski definition) is 17. The first-order valence-corrected chi connectivity index (χ1v) is 35.1. The zero-order valence-corrected chi connectivity index (χ0v) is 55.0. The minimum Gasteiger partial charge on any atom is -0.464 e. The Morgan fingerprint density at radius 2 is 0.955 bits per heavy atom. The maximum atomic E-state index is 12.9. The molecule has 0 fully saturated rings. The Hall–Kier alpha value is -5.54. The van der Waals surface area contributed by atoms with Gasteiger partial charge in [0.15, 0.2) is 6.10 Å². The molecule has 22 nitrogen and oxygen atoms in total. The lowest BCUT2D eigenvalue weighted by atomic mass is 10.0. The van der Waals surface area contributed by atoms with E-state index in [0.29, 0.717) is 24.0 Å². The lowest BCUT2D eigenvalue weighted by molar-refractivity contribution is -0.161. The number of nitrogens with one attached hydrogen (secondary N) is 4. The van der Waals surface area contributed by atoms with Crippen molar-refractivity contribution in [2.24, 2.45) is 5.10 Å². The highest BCUT2D eigenvalue weighted by atomic mass is 31.2. The Morgan fingerprint density at radius 1 is 0.506 bits per heavy atom. The minimum absolute atomic E-state index is 0.000910. The number of hydrogen-bond donors (Lipinski definition) is 5. The average Bonchev–Trinajstić information content (AvgIpc) is 4.15. The van der Waals surface area contributed by atoms with Crippen LogP contribution in [0.1, 0.15) is 254 Å². The first-order chi connectivity index (χ1) is 43.2. The number of esters is 3. The van der Waals surface area contributed by atoms with Gasteiger partial charge in [0, 0.05) is 69.6 Å². The molecule has 5 amide bonds. The Kier molecular flexibility index (Phi) is 48.5. The average molecular weight is 1280 g/mol. The molecule has 0 aromatic heterocycles. The number of hydrazone groups is 1. The van der Waals surface area contributed by atoms with E-state index in [9.17, 15) is 47.8 Å². The topological polar surface area (TPSA) is 293 Å². The van der Waals surface area contributed by atoms with Crippen molar-refractivity contribution >= 4 is 61.5 Å². The van der Waals surface area contributed by atoms with Crippen LogP contribution in [0.25, 0.3) is 0 Å². The number of rotatable bonds is 60. The largest absolute Gasteiger partial charge is 0.472 e. The molecule has 1 aromatic carbocycles. The van der Waals surface area contributed by atoms with Crippen LogP contribution in [0.4, 0.5) is 0 Å². The second kappa shape index (κ2) is 54.2. The third-order valence-electron chi connectivity index (χ3n) is 14.9. The summed E-state index contributed by atoms with van der Waals surface area (Å²) in [4.78, 5) is 109. The van der Waals surface area contributed by atoms with Crippen molar-refractivity contribution < 1.29 is 75.8 Å². The molecule has 5 N–H and O–H groups in total. The molecule has 1 aliphatic rings. The molecule has 1 aromatic rings. The van der Waals surface area contributed by atoms with Crippen LogP contribution in [0, 0.1) is 0 Å². The number of unbranched alkanes of at least 4 members (excludes halogenated alkanes) is 28. The summed E-state index contributed by atoms with van der Waals surface area (Å²) in [6.45, 7) is 4.05. The van der Waals surface area contributed by atoms with Gasteiger partial charge in [-0.1, -0.05) is 206 Å². The molecule has 1 aliphatic heterocycles. The summed E-state index contributed by atoms with van der Waals surface area (Å²) in [6.07, 6.45) is 38.9. The zero-order chi connectivity index (χ0) is 64.7. The molecule has 1 unspecified atom stereocenters. The minimum atomic E-state index is -4.69. The molecule has 23 heteroatoms. The van der Waals surface area contributed by atoms with E-state index in [1.165, 1.54) is 147 Å². The predicted octanol–water partition coefficient (Wildman–Crippen LogP) is 11.3. The SMILES string of the molecule is CCCCCCCCCCCCCCCCCC(=O)OC[C@H](COP(=O)(O)OCCNC(=O)c1ccc(/C=N/NCCOC(=O)CCC(=O)NCCOCCNC(=O)CCN2C(=O)C=CC2=O)cc1)OC(=O)CCCCCCCCCCCCCCCCC. The van der Waals surface area contributed by atoms with Gasteiger partial charge in [-0.15, -0.1) is 0 Å². The molecule has 0 saturated carbocycles. The second-order valence-electron chi connectivity index (χ2n) is 22.8. The standard InChI is InChI=1S/C66H111N6O16P/c1-3-5-7-9-11-13-15-17-19-21-23-25-27-29-31-33-63(77)85-54-58(88-65(79)34-32-30-28-26-24-22-20-18-16-14-12-10-8-6-4-2)55-87-89(81,82)86-52-46-69-66(80)57-37-35-56(36-38-57)53-71-70-47-51-84-64(78)42-39-59(73)67-44-49-83-50-45-68-60(74)43-48-72-61(75)40-41-62(72)76/h35-38,40-41,53,58,70H,3-34,39,42-52,54-55H2,1-2H3,(H,67,73)(H,68,74)(H,69,80)(H,81,82)/b71-53+/t58-/m1/s1. The summed E-state index contributed by atoms with van der Waals surface area (Å²) >= 11 is 0. The Balaban J connectivity index is 1.63. The number of carbonyl (C=O) groups excluding carboxylic acids is 8. The number of nitrogens with zero attached hydrogens (tertiary/aromatic N) is 2. The number of ether oxygens (including phenoxy) is 4. The van der Waals surface area contributed by atoms with Gasteiger partial charge in [-0.05, 0) is 30.5 Å². The van der Waals surface area contributed by atoms with Gasteiger partial charge in [0.25, 0.3) is 17.7 Å². The summed E-state index contributed by atoms with van der Waals surface area (Å²) < 4.78 is 44.8. The van der Waals surface area contributed by atoms with E-state index < -0.39 is 56.2 Å². The van der Waals surface area contributed by atoms with Crippen LogP contribution in [0.5, 0.6) is 0 Å². The fraction of sp³-hybridized carbons (Fsp3) is 0.742. The monoisotopic (exact) mass is 1270 g/mol. The zero-order valence-electron chi connectivity index (χ0n) is 54.1. The van der Waals surface area contributed by atoms with Crippen LogP contribution in [-0.4, -0.2) is 142 Å². The van der Waals surface area contributed by atoms with Gasteiger partial charge < -0.3 is 45.2 Å². The molecular formula is C66H111N6O16P. The fourth-order valence-electron chi connectivity index (χ4n) is 9.62. The van der Waals surface area contributed by atoms with E-state index in [-0.39, 0.29) is 110 Å². The van der Waals surface area contributed by atoms with Crippen molar-refractivity contribution in [3.63, 3.8) is 0 Å². The Bertz CT molecular complexity index is 2200. The number of phosphoric acid groups is 1. The van der Waals surface area contributed by atoms with Crippen molar-refractivity contribution in [2.45, 2.75) is 245 Å². The van der Waals surface area contributed by atoms with Gasteiger partial charge in [-0.3, -0.25) is 52.3 Å². The van der Waals surface area contributed by atoms with Crippen LogP contribution in [-0.2, 0) is 66.1 Å². The van der Waals surface area contributed by atoms with Gasteiger partial charge in [0.2, 0.25) is 11.8 Å². The molecule has 0 bridgehead atoms. The van der Waals surface area contributed by atoms with E-state index >= 15 is 0 Å². The number of carbonyl (C=O) groups is 8. The smallest absolute Gasteiger partial charge is 0.464 e. The predicted molar refractivity (Wildman–Crippen MR) is 344 cm³/mol. The first kappa shape index (κ1) is 79.6. The van der Waals surface area contributed by atoms with Crippen molar-refractivity contribution in [1.82, 2.24) is 26.3 Å². The highest BCUT2D eigenvalue weighted by Gasteiger charge is 2.27. The quantitative estimate of drug-likeness (QED) is 0.00770. The summed E-state index contributed by atoms with van der Waals surface area (Å²) in [5, 5.41) is 12.0. The number of imide groups is 1. The second-order valence-corrected chi connectivity index (χ2v) is 24.2. The lowest BCUT2D eigenvalue weighted by Gasteiger charge is -2.20. The van der Waals surface area contributed by atoms with Crippen molar-refractivity contribution in [3.05, 3.63) is 47.5 Å². The molecule has 1 heterocycles. The van der Waals surface area contributed by atoms with Gasteiger partial charge >= 0.3 is 25.7 Å². The maximum absolute atomic E-state index is 12.9. The normalized spacial score (nSPS) is 13.1. The van der Waals surface area contributed by atoms with Gasteiger partial charge in [0.05, 0.1) is 45.6 Å². The highest BCUT2D eigenvalue weighted by molar-refractivity contribution is 7.47. The van der Waals surface area contributed by atoms with Crippen LogP contribution in [0.3, 0.4) is 0 Å². The highest BCUT2D eigenvalue weighted by Crippen LogP contribution is 2.43. The number of phosphoric ester groups is 1. The molecular weight excluding hydrogens is 1160 g/mol. The molecule has 89 heavy (non-hydrogen) atoms. The van der Waals surface area contributed by atoms with Crippen molar-refractivity contribution in [1.29, 1.82) is 0 Å².